The monoisotopic (exact) mass is 461 g/mol. The highest BCUT2D eigenvalue weighted by atomic mass is 79.9. The Morgan fingerprint density at radius 2 is 1.72 bits per heavy atom. The Morgan fingerprint density at radius 1 is 1.07 bits per heavy atom. The van der Waals surface area contributed by atoms with Crippen LogP contribution in [0.1, 0.15) is 48.2 Å². The molecule has 0 spiro atoms. The number of carbonyl (C=O) groups is 3. The lowest BCUT2D eigenvalue weighted by atomic mass is 10.0. The number of hydrogen-bond donors (Lipinski definition) is 3. The van der Waals surface area contributed by atoms with E-state index in [1.165, 1.54) is 6.92 Å². The van der Waals surface area contributed by atoms with Crippen LogP contribution in [-0.2, 0) is 9.59 Å². The predicted molar refractivity (Wildman–Crippen MR) is 115 cm³/mol. The Labute approximate surface area is 178 Å². The Bertz CT molecular complexity index is 911. The van der Waals surface area contributed by atoms with E-state index in [-0.39, 0.29) is 18.4 Å². The fourth-order valence-electron chi connectivity index (χ4n) is 2.53. The molecule has 29 heavy (non-hydrogen) atoms. The van der Waals surface area contributed by atoms with Gasteiger partial charge in [0.05, 0.1) is 0 Å². The molecule has 2 aromatic carbocycles. The van der Waals surface area contributed by atoms with Gasteiger partial charge in [0.15, 0.2) is 6.61 Å². The summed E-state index contributed by atoms with van der Waals surface area (Å²) in [4.78, 5) is 35.2. The highest BCUT2D eigenvalue weighted by molar-refractivity contribution is 9.10. The molecular formula is C21H24BrN3O4. The summed E-state index contributed by atoms with van der Waals surface area (Å²) in [6.07, 6.45) is 0. The molecule has 0 fully saturated rings. The average Bonchev–Trinajstić information content (AvgIpc) is 2.66. The van der Waals surface area contributed by atoms with Crippen LogP contribution in [-0.4, -0.2) is 24.3 Å². The summed E-state index contributed by atoms with van der Waals surface area (Å²) in [6, 6.07) is 10.2. The van der Waals surface area contributed by atoms with Crippen molar-refractivity contribution in [3.63, 3.8) is 0 Å². The molecule has 2 rings (SSSR count). The van der Waals surface area contributed by atoms with Gasteiger partial charge in [-0.1, -0.05) is 29.8 Å². The molecule has 3 amide bonds. The van der Waals surface area contributed by atoms with Crippen LogP contribution in [0.5, 0.6) is 5.75 Å². The molecule has 0 saturated carbocycles. The third kappa shape index (κ3) is 6.60. The van der Waals surface area contributed by atoms with E-state index in [1.807, 2.05) is 32.9 Å². The van der Waals surface area contributed by atoms with Crippen LogP contribution in [0.15, 0.2) is 40.9 Å². The van der Waals surface area contributed by atoms with Crippen molar-refractivity contribution in [2.75, 3.05) is 11.9 Å². The molecule has 0 atom stereocenters. The lowest BCUT2D eigenvalue weighted by Gasteiger charge is -2.16. The second-order valence-corrected chi connectivity index (χ2v) is 7.70. The van der Waals surface area contributed by atoms with E-state index in [4.69, 9.17) is 4.74 Å². The van der Waals surface area contributed by atoms with E-state index in [1.54, 1.807) is 24.3 Å². The van der Waals surface area contributed by atoms with Crippen LogP contribution in [0.3, 0.4) is 0 Å². The first-order valence-electron chi connectivity index (χ1n) is 9.07. The number of halogens is 1. The maximum Gasteiger partial charge on any atom is 0.276 e. The number of carbonyl (C=O) groups excluding carboxylic acids is 3. The van der Waals surface area contributed by atoms with E-state index in [2.05, 4.69) is 32.1 Å². The van der Waals surface area contributed by atoms with E-state index in [9.17, 15) is 14.4 Å². The second-order valence-electron chi connectivity index (χ2n) is 6.84. The summed E-state index contributed by atoms with van der Waals surface area (Å²) < 4.78 is 6.64. The largest absolute Gasteiger partial charge is 0.483 e. The average molecular weight is 462 g/mol. The van der Waals surface area contributed by atoms with Crippen molar-refractivity contribution in [3.05, 3.63) is 57.6 Å². The number of benzene rings is 2. The predicted octanol–water partition coefficient (Wildman–Crippen LogP) is 3.68. The Morgan fingerprint density at radius 3 is 2.31 bits per heavy atom. The van der Waals surface area contributed by atoms with Gasteiger partial charge in [-0.15, -0.1) is 0 Å². The van der Waals surface area contributed by atoms with Gasteiger partial charge in [0.25, 0.3) is 11.8 Å². The smallest absolute Gasteiger partial charge is 0.276 e. The summed E-state index contributed by atoms with van der Waals surface area (Å²) in [7, 11) is 0. The summed E-state index contributed by atoms with van der Waals surface area (Å²) in [5, 5.41) is 2.61. The zero-order valence-electron chi connectivity index (χ0n) is 16.8. The molecule has 0 aliphatic heterocycles. The van der Waals surface area contributed by atoms with Gasteiger partial charge in [0, 0.05) is 22.6 Å². The van der Waals surface area contributed by atoms with Crippen molar-refractivity contribution in [2.45, 2.75) is 33.6 Å². The number of ether oxygens (including phenoxy) is 1. The van der Waals surface area contributed by atoms with Crippen LogP contribution in [0, 0.1) is 6.92 Å². The standard InChI is InChI=1S/C21H24BrN3O4/c1-12(2)17-10-18(22)13(3)9-19(17)29-11-20(27)24-25-21(28)15-5-7-16(8-6-15)23-14(4)26/h5-10,12H,11H2,1-4H3,(H,23,26)(H,24,27)(H,25,28). The van der Waals surface area contributed by atoms with Crippen molar-refractivity contribution in [3.8, 4) is 5.75 Å². The normalized spacial score (nSPS) is 10.4. The number of aryl methyl sites for hydroxylation is 1. The summed E-state index contributed by atoms with van der Waals surface area (Å²) >= 11 is 3.50. The maximum atomic E-state index is 12.1. The molecule has 0 heterocycles. The van der Waals surface area contributed by atoms with Crippen molar-refractivity contribution in [2.24, 2.45) is 0 Å². The van der Waals surface area contributed by atoms with Crippen LogP contribution in [0.4, 0.5) is 5.69 Å². The van der Waals surface area contributed by atoms with Crippen molar-refractivity contribution < 1.29 is 19.1 Å². The Balaban J connectivity index is 1.89. The lowest BCUT2D eigenvalue weighted by Crippen LogP contribution is -2.43. The number of hydrazine groups is 1. The minimum absolute atomic E-state index is 0.198. The van der Waals surface area contributed by atoms with E-state index >= 15 is 0 Å². The van der Waals surface area contributed by atoms with E-state index < -0.39 is 11.8 Å². The van der Waals surface area contributed by atoms with Crippen molar-refractivity contribution in [1.82, 2.24) is 10.9 Å². The van der Waals surface area contributed by atoms with Crippen LogP contribution in [0.25, 0.3) is 0 Å². The first-order valence-corrected chi connectivity index (χ1v) is 9.86. The van der Waals surface area contributed by atoms with Gasteiger partial charge in [-0.05, 0) is 60.4 Å². The SMILES string of the molecule is CC(=O)Nc1ccc(C(=O)NNC(=O)COc2cc(C)c(Br)cc2C(C)C)cc1. The molecule has 0 aromatic heterocycles. The fourth-order valence-corrected chi connectivity index (χ4v) is 2.89. The van der Waals surface area contributed by atoms with Gasteiger partial charge < -0.3 is 10.1 Å². The van der Waals surface area contributed by atoms with E-state index in [0.29, 0.717) is 17.0 Å². The van der Waals surface area contributed by atoms with Crippen LogP contribution >= 0.6 is 15.9 Å². The molecule has 0 radical (unpaired) electrons. The van der Waals surface area contributed by atoms with Gasteiger partial charge in [-0.3, -0.25) is 25.2 Å². The minimum Gasteiger partial charge on any atom is -0.483 e. The lowest BCUT2D eigenvalue weighted by molar-refractivity contribution is -0.123. The summed E-state index contributed by atoms with van der Waals surface area (Å²) in [5.74, 6) is -0.296. The highest BCUT2D eigenvalue weighted by Gasteiger charge is 2.13. The number of hydrogen-bond acceptors (Lipinski definition) is 4. The van der Waals surface area contributed by atoms with Crippen LogP contribution < -0.4 is 20.9 Å². The first-order chi connectivity index (χ1) is 13.7. The number of nitrogens with one attached hydrogen (secondary N) is 3. The number of anilines is 1. The summed E-state index contributed by atoms with van der Waals surface area (Å²) in [6.45, 7) is 7.20. The molecule has 0 aliphatic rings. The summed E-state index contributed by atoms with van der Waals surface area (Å²) in [5.41, 5.74) is 7.58. The molecule has 0 bridgehead atoms. The van der Waals surface area contributed by atoms with Crippen molar-refractivity contribution in [1.29, 1.82) is 0 Å². The van der Waals surface area contributed by atoms with Crippen molar-refractivity contribution >= 4 is 39.3 Å². The third-order valence-electron chi connectivity index (χ3n) is 4.05. The van der Waals surface area contributed by atoms with Gasteiger partial charge in [0.2, 0.25) is 5.91 Å². The number of rotatable bonds is 6. The Kier molecular flexibility index (Phi) is 7.78. The zero-order chi connectivity index (χ0) is 21.6. The van der Waals surface area contributed by atoms with Crippen LogP contribution in [0.2, 0.25) is 0 Å². The molecule has 154 valence electrons. The maximum absolute atomic E-state index is 12.1. The number of amides is 3. The highest BCUT2D eigenvalue weighted by Crippen LogP contribution is 2.32. The van der Waals surface area contributed by atoms with Gasteiger partial charge in [-0.25, -0.2) is 0 Å². The second kappa shape index (κ2) is 10.1. The molecule has 3 N–H and O–H groups in total. The molecule has 0 saturated heterocycles. The molecular weight excluding hydrogens is 438 g/mol. The third-order valence-corrected chi connectivity index (χ3v) is 4.91. The molecule has 2 aromatic rings. The van der Waals surface area contributed by atoms with Gasteiger partial charge >= 0.3 is 0 Å². The van der Waals surface area contributed by atoms with Gasteiger partial charge in [0.1, 0.15) is 5.75 Å². The van der Waals surface area contributed by atoms with Gasteiger partial charge in [-0.2, -0.15) is 0 Å². The molecule has 0 aliphatic carbocycles. The molecule has 0 unspecified atom stereocenters. The first kappa shape index (κ1) is 22.4. The fraction of sp³-hybridized carbons (Fsp3) is 0.286. The minimum atomic E-state index is -0.483. The topological polar surface area (TPSA) is 96.5 Å². The zero-order valence-corrected chi connectivity index (χ0v) is 18.3. The quantitative estimate of drug-likeness (QED) is 0.571. The molecule has 7 nitrogen and oxygen atoms in total. The van der Waals surface area contributed by atoms with E-state index in [0.717, 1.165) is 15.6 Å². The Hall–Kier alpha value is -2.87. The molecule has 8 heteroatoms.